The van der Waals surface area contributed by atoms with Crippen molar-refractivity contribution in [2.24, 2.45) is 0 Å². The Bertz CT molecular complexity index is 961. The molecule has 0 N–H and O–H groups in total. The molecule has 0 aliphatic rings. The molecule has 0 saturated carbocycles. The van der Waals surface area contributed by atoms with Gasteiger partial charge in [0.25, 0.3) is 10.0 Å². The van der Waals surface area contributed by atoms with E-state index in [0.29, 0.717) is 23.6 Å². The summed E-state index contributed by atoms with van der Waals surface area (Å²) in [6, 6.07) is 10.7. The van der Waals surface area contributed by atoms with E-state index in [1.54, 1.807) is 25.1 Å². The molecule has 0 atom stereocenters. The number of nitrogens with zero attached hydrogens (tertiary/aromatic N) is 2. The fourth-order valence-corrected chi connectivity index (χ4v) is 4.17. The molecule has 126 valence electrons. The Hall–Kier alpha value is -2.34. The number of aryl methyl sites for hydroxylation is 1. The smallest absolute Gasteiger partial charge is 0.269 e. The first-order valence-corrected chi connectivity index (χ1v) is 9.39. The zero-order valence-corrected chi connectivity index (χ0v) is 14.6. The van der Waals surface area contributed by atoms with Gasteiger partial charge >= 0.3 is 0 Å². The Kier molecular flexibility index (Phi) is 4.57. The molecule has 5 nitrogen and oxygen atoms in total. The van der Waals surface area contributed by atoms with E-state index in [2.05, 4.69) is 11.9 Å². The van der Waals surface area contributed by atoms with Gasteiger partial charge in [0.2, 0.25) is 0 Å². The molecule has 3 aromatic rings. The number of fused-ring (bicyclic) bond motifs is 1. The van der Waals surface area contributed by atoms with Crippen molar-refractivity contribution in [1.29, 1.82) is 0 Å². The predicted molar refractivity (Wildman–Crippen MR) is 93.9 cm³/mol. The number of rotatable bonds is 6. The average molecular weight is 344 g/mol. The molecule has 0 spiro atoms. The molecule has 0 aliphatic carbocycles. The van der Waals surface area contributed by atoms with Gasteiger partial charge in [-0.3, -0.25) is 0 Å². The van der Waals surface area contributed by atoms with E-state index in [-0.39, 0.29) is 4.90 Å². The molecule has 0 aliphatic heterocycles. The van der Waals surface area contributed by atoms with Crippen LogP contribution < -0.4 is 4.74 Å². The van der Waals surface area contributed by atoms with Gasteiger partial charge in [-0.2, -0.15) is 0 Å². The number of unbranched alkanes of at least 4 members (excludes halogenated alkanes) is 1. The van der Waals surface area contributed by atoms with Crippen molar-refractivity contribution in [3.8, 4) is 5.75 Å². The predicted octanol–water partition coefficient (Wildman–Crippen LogP) is 3.76. The zero-order chi connectivity index (χ0) is 17.2. The Morgan fingerprint density at radius 2 is 1.88 bits per heavy atom. The van der Waals surface area contributed by atoms with Crippen LogP contribution in [0.5, 0.6) is 5.75 Å². The third kappa shape index (κ3) is 2.89. The summed E-state index contributed by atoms with van der Waals surface area (Å²) >= 11 is 0. The third-order valence-electron chi connectivity index (χ3n) is 3.92. The van der Waals surface area contributed by atoms with Gasteiger partial charge in [-0.25, -0.2) is 17.4 Å². The molecule has 24 heavy (non-hydrogen) atoms. The molecule has 0 unspecified atom stereocenters. The quantitative estimate of drug-likeness (QED) is 0.639. The molecule has 0 radical (unpaired) electrons. The van der Waals surface area contributed by atoms with Crippen molar-refractivity contribution in [3.05, 3.63) is 54.6 Å². The number of hydrogen-bond donors (Lipinski definition) is 0. The average Bonchev–Trinajstić information content (AvgIpc) is 3.02. The monoisotopic (exact) mass is 344 g/mol. The minimum absolute atomic E-state index is 0.252. The van der Waals surface area contributed by atoms with Crippen LogP contribution in [0, 0.1) is 6.92 Å². The highest BCUT2D eigenvalue weighted by molar-refractivity contribution is 7.90. The lowest BCUT2D eigenvalue weighted by atomic mass is 10.1. The highest BCUT2D eigenvalue weighted by atomic mass is 32.2. The molecule has 3 rings (SSSR count). The third-order valence-corrected chi connectivity index (χ3v) is 5.73. The van der Waals surface area contributed by atoms with E-state index in [0.717, 1.165) is 18.2 Å². The van der Waals surface area contributed by atoms with Gasteiger partial charge in [0.05, 0.1) is 11.5 Å². The van der Waals surface area contributed by atoms with Gasteiger partial charge in [0, 0.05) is 23.2 Å². The normalized spacial score (nSPS) is 11.8. The molecule has 1 heterocycles. The maximum Gasteiger partial charge on any atom is 0.269 e. The Morgan fingerprint density at radius 3 is 2.54 bits per heavy atom. The minimum atomic E-state index is -3.70. The number of benzene rings is 2. The fourth-order valence-electron chi connectivity index (χ4n) is 2.65. The standard InChI is InChI=1S/C18H20N2O3S/c1-3-4-13-23-17-9-10-18(16-8-6-5-7-15(16)17)24(21,22)20-12-11-19-14(20)2/h5-12H,3-4,13H2,1-2H3. The van der Waals surface area contributed by atoms with E-state index in [1.807, 2.05) is 18.2 Å². The SMILES string of the molecule is CCCCOc1ccc(S(=O)(=O)n2ccnc2C)c2ccccc12. The first kappa shape index (κ1) is 16.5. The van der Waals surface area contributed by atoms with Crippen LogP contribution in [-0.2, 0) is 10.0 Å². The second-order valence-corrected chi connectivity index (χ2v) is 7.37. The summed E-state index contributed by atoms with van der Waals surface area (Å²) < 4.78 is 33.0. The first-order valence-electron chi connectivity index (χ1n) is 7.95. The summed E-state index contributed by atoms with van der Waals surface area (Å²) in [6.45, 7) is 4.39. The number of ether oxygens (including phenoxy) is 1. The van der Waals surface area contributed by atoms with Crippen LogP contribution in [0.3, 0.4) is 0 Å². The van der Waals surface area contributed by atoms with E-state index in [1.165, 1.54) is 16.4 Å². The molecule has 2 aromatic carbocycles. The van der Waals surface area contributed by atoms with Crippen LogP contribution in [-0.4, -0.2) is 24.0 Å². The van der Waals surface area contributed by atoms with Gasteiger partial charge < -0.3 is 4.74 Å². The van der Waals surface area contributed by atoms with E-state index in [9.17, 15) is 8.42 Å². The molecule has 6 heteroatoms. The highest BCUT2D eigenvalue weighted by Gasteiger charge is 2.22. The Balaban J connectivity index is 2.14. The first-order chi connectivity index (χ1) is 11.6. The Labute approximate surface area is 142 Å². The molecule has 1 aromatic heterocycles. The summed E-state index contributed by atoms with van der Waals surface area (Å²) in [5.74, 6) is 1.14. The van der Waals surface area contributed by atoms with Crippen molar-refractivity contribution in [2.75, 3.05) is 6.61 Å². The number of imidazole rings is 1. The van der Waals surface area contributed by atoms with Gasteiger partial charge in [-0.1, -0.05) is 37.6 Å². The summed E-state index contributed by atoms with van der Waals surface area (Å²) in [4.78, 5) is 4.27. The van der Waals surface area contributed by atoms with Gasteiger partial charge in [0.1, 0.15) is 11.6 Å². The lowest BCUT2D eigenvalue weighted by Gasteiger charge is -2.14. The summed E-state index contributed by atoms with van der Waals surface area (Å²) in [7, 11) is -3.70. The molecular formula is C18H20N2O3S. The number of aromatic nitrogens is 2. The largest absolute Gasteiger partial charge is 0.493 e. The van der Waals surface area contributed by atoms with Crippen molar-refractivity contribution >= 4 is 20.8 Å². The van der Waals surface area contributed by atoms with E-state index in [4.69, 9.17) is 4.74 Å². The number of hydrogen-bond acceptors (Lipinski definition) is 4. The van der Waals surface area contributed by atoms with Crippen molar-refractivity contribution in [3.63, 3.8) is 0 Å². The molecule has 0 amide bonds. The molecule has 0 fully saturated rings. The second kappa shape index (κ2) is 6.65. The summed E-state index contributed by atoms with van der Waals surface area (Å²) in [5, 5.41) is 1.45. The van der Waals surface area contributed by atoms with Crippen LogP contribution in [0.2, 0.25) is 0 Å². The van der Waals surface area contributed by atoms with Crippen LogP contribution in [0.25, 0.3) is 10.8 Å². The topological polar surface area (TPSA) is 61.2 Å². The lowest BCUT2D eigenvalue weighted by molar-refractivity contribution is 0.313. The highest BCUT2D eigenvalue weighted by Crippen LogP contribution is 2.32. The molecule has 0 bridgehead atoms. The van der Waals surface area contributed by atoms with Crippen LogP contribution >= 0.6 is 0 Å². The van der Waals surface area contributed by atoms with Crippen molar-refractivity contribution in [2.45, 2.75) is 31.6 Å². The summed E-state index contributed by atoms with van der Waals surface area (Å²) in [6.07, 6.45) is 4.95. The van der Waals surface area contributed by atoms with Gasteiger partial charge in [-0.05, 0) is 25.5 Å². The fraction of sp³-hybridized carbons (Fsp3) is 0.278. The summed E-state index contributed by atoms with van der Waals surface area (Å²) in [5.41, 5.74) is 0. The second-order valence-electron chi connectivity index (χ2n) is 5.58. The minimum Gasteiger partial charge on any atom is -0.493 e. The van der Waals surface area contributed by atoms with Crippen molar-refractivity contribution in [1.82, 2.24) is 8.96 Å². The molecular weight excluding hydrogens is 324 g/mol. The maximum absolute atomic E-state index is 13.0. The van der Waals surface area contributed by atoms with Crippen LogP contribution in [0.1, 0.15) is 25.6 Å². The molecule has 0 saturated heterocycles. The Morgan fingerprint density at radius 1 is 1.12 bits per heavy atom. The van der Waals surface area contributed by atoms with Crippen molar-refractivity contribution < 1.29 is 13.2 Å². The van der Waals surface area contributed by atoms with Crippen LogP contribution in [0.4, 0.5) is 0 Å². The van der Waals surface area contributed by atoms with Gasteiger partial charge in [0.15, 0.2) is 0 Å². The lowest BCUT2D eigenvalue weighted by Crippen LogP contribution is -2.14. The van der Waals surface area contributed by atoms with E-state index >= 15 is 0 Å². The van der Waals surface area contributed by atoms with Crippen LogP contribution in [0.15, 0.2) is 53.7 Å². The van der Waals surface area contributed by atoms with Gasteiger partial charge in [-0.15, -0.1) is 0 Å². The maximum atomic E-state index is 13.0. The van der Waals surface area contributed by atoms with E-state index < -0.39 is 10.0 Å². The zero-order valence-electron chi connectivity index (χ0n) is 13.8.